The summed E-state index contributed by atoms with van der Waals surface area (Å²) in [7, 11) is 0. The monoisotopic (exact) mass is 269 g/mol. The van der Waals surface area contributed by atoms with Crippen molar-refractivity contribution in [3.8, 4) is 0 Å². The van der Waals surface area contributed by atoms with Crippen LogP contribution in [0.3, 0.4) is 0 Å². The summed E-state index contributed by atoms with van der Waals surface area (Å²) in [6, 6.07) is 0.435. The van der Waals surface area contributed by atoms with E-state index >= 15 is 0 Å². The third-order valence-corrected chi connectivity index (χ3v) is 4.26. The minimum Gasteiger partial charge on any atom is -0.355 e. The summed E-state index contributed by atoms with van der Waals surface area (Å²) in [6.07, 6.45) is 3.38. The van der Waals surface area contributed by atoms with Crippen molar-refractivity contribution in [1.82, 2.24) is 10.2 Å². The Balaban J connectivity index is 2.45. The van der Waals surface area contributed by atoms with Crippen LogP contribution in [-0.2, 0) is 4.79 Å². The van der Waals surface area contributed by atoms with Gasteiger partial charge in [-0.3, -0.25) is 9.69 Å². The maximum Gasteiger partial charge on any atom is 0.237 e. The van der Waals surface area contributed by atoms with Gasteiger partial charge in [-0.2, -0.15) is 0 Å². The number of nitrogens with one attached hydrogen (secondary N) is 1. The summed E-state index contributed by atoms with van der Waals surface area (Å²) >= 11 is 0. The van der Waals surface area contributed by atoms with E-state index in [9.17, 15) is 4.79 Å². The number of nitrogens with two attached hydrogens (primary N) is 1. The van der Waals surface area contributed by atoms with Gasteiger partial charge in [-0.1, -0.05) is 13.8 Å². The van der Waals surface area contributed by atoms with Crippen LogP contribution < -0.4 is 11.1 Å². The van der Waals surface area contributed by atoms with E-state index in [1.54, 1.807) is 0 Å². The van der Waals surface area contributed by atoms with E-state index in [0.29, 0.717) is 17.9 Å². The lowest BCUT2D eigenvalue weighted by Crippen LogP contribution is -2.53. The van der Waals surface area contributed by atoms with Gasteiger partial charge in [-0.15, -0.1) is 0 Å². The van der Waals surface area contributed by atoms with Crippen LogP contribution in [0.25, 0.3) is 0 Å². The summed E-state index contributed by atoms with van der Waals surface area (Å²) in [5, 5.41) is 3.05. The molecule has 1 rings (SSSR count). The summed E-state index contributed by atoms with van der Waals surface area (Å²) in [4.78, 5) is 14.5. The molecule has 1 heterocycles. The van der Waals surface area contributed by atoms with E-state index in [1.165, 1.54) is 6.42 Å². The number of carbonyl (C=O) groups excluding carboxylic acids is 1. The molecule has 3 atom stereocenters. The van der Waals surface area contributed by atoms with Crippen molar-refractivity contribution in [3.63, 3.8) is 0 Å². The summed E-state index contributed by atoms with van der Waals surface area (Å²) in [5.41, 5.74) is 5.77. The predicted molar refractivity (Wildman–Crippen MR) is 79.9 cm³/mol. The van der Waals surface area contributed by atoms with Gasteiger partial charge in [0, 0.05) is 19.1 Å². The highest BCUT2D eigenvalue weighted by Crippen LogP contribution is 2.23. The molecule has 1 aliphatic heterocycles. The van der Waals surface area contributed by atoms with Crippen LogP contribution in [0.1, 0.15) is 47.0 Å². The molecule has 0 radical (unpaired) electrons. The molecule has 3 unspecified atom stereocenters. The fraction of sp³-hybridized carbons (Fsp3) is 0.933. The first-order chi connectivity index (χ1) is 8.95. The summed E-state index contributed by atoms with van der Waals surface area (Å²) in [6.45, 7) is 11.0. The van der Waals surface area contributed by atoms with Gasteiger partial charge in [0.1, 0.15) is 0 Å². The highest BCUT2D eigenvalue weighted by Gasteiger charge is 2.31. The van der Waals surface area contributed by atoms with Crippen LogP contribution in [0, 0.1) is 11.8 Å². The van der Waals surface area contributed by atoms with Crippen LogP contribution in [0.4, 0.5) is 0 Å². The Morgan fingerprint density at radius 1 is 1.37 bits per heavy atom. The lowest BCUT2D eigenvalue weighted by molar-refractivity contribution is -0.127. The van der Waals surface area contributed by atoms with E-state index in [1.807, 2.05) is 6.92 Å². The number of carbonyl (C=O) groups is 1. The molecule has 0 bridgehead atoms. The molecule has 112 valence electrons. The van der Waals surface area contributed by atoms with Gasteiger partial charge in [0.05, 0.1) is 6.04 Å². The third kappa shape index (κ3) is 5.11. The van der Waals surface area contributed by atoms with E-state index in [0.717, 1.165) is 32.5 Å². The molecule has 1 saturated heterocycles. The molecule has 0 aromatic carbocycles. The van der Waals surface area contributed by atoms with E-state index in [2.05, 4.69) is 31.0 Å². The molecule has 0 aliphatic carbocycles. The van der Waals surface area contributed by atoms with Gasteiger partial charge in [-0.05, 0) is 51.5 Å². The number of hydrogen-bond donors (Lipinski definition) is 2. The Kier molecular flexibility index (Phi) is 6.80. The van der Waals surface area contributed by atoms with Crippen molar-refractivity contribution >= 4 is 5.91 Å². The smallest absolute Gasteiger partial charge is 0.237 e. The molecule has 4 nitrogen and oxygen atoms in total. The lowest BCUT2D eigenvalue weighted by atomic mass is 9.92. The first-order valence-corrected chi connectivity index (χ1v) is 7.69. The molecule has 4 heteroatoms. The Hall–Kier alpha value is -0.610. The number of piperidine rings is 1. The SMILES string of the molecule is CC(C)CCNC(=O)C(C)N1CC(CN)CCC1C. The van der Waals surface area contributed by atoms with E-state index in [4.69, 9.17) is 5.73 Å². The average molecular weight is 269 g/mol. The number of likely N-dealkylation sites (tertiary alicyclic amines) is 1. The quantitative estimate of drug-likeness (QED) is 0.770. The molecular weight excluding hydrogens is 238 g/mol. The van der Waals surface area contributed by atoms with Crippen molar-refractivity contribution in [1.29, 1.82) is 0 Å². The second kappa shape index (κ2) is 7.85. The second-order valence-electron chi connectivity index (χ2n) is 6.37. The van der Waals surface area contributed by atoms with Gasteiger partial charge in [0.15, 0.2) is 0 Å². The molecule has 0 saturated carbocycles. The maximum atomic E-state index is 12.2. The van der Waals surface area contributed by atoms with Gasteiger partial charge in [0.25, 0.3) is 0 Å². The fourth-order valence-corrected chi connectivity index (χ4v) is 2.73. The molecule has 1 aliphatic rings. The largest absolute Gasteiger partial charge is 0.355 e. The summed E-state index contributed by atoms with van der Waals surface area (Å²) in [5.74, 6) is 1.33. The zero-order chi connectivity index (χ0) is 14.4. The Morgan fingerprint density at radius 2 is 2.05 bits per heavy atom. The van der Waals surface area contributed by atoms with Crippen molar-refractivity contribution in [2.45, 2.75) is 59.0 Å². The number of hydrogen-bond acceptors (Lipinski definition) is 3. The van der Waals surface area contributed by atoms with Crippen molar-refractivity contribution in [2.24, 2.45) is 17.6 Å². The Bertz CT molecular complexity index is 281. The van der Waals surface area contributed by atoms with E-state index < -0.39 is 0 Å². The highest BCUT2D eigenvalue weighted by molar-refractivity contribution is 5.81. The zero-order valence-corrected chi connectivity index (χ0v) is 13.0. The normalized spacial score (nSPS) is 26.4. The molecule has 1 fully saturated rings. The molecule has 0 spiro atoms. The van der Waals surface area contributed by atoms with Gasteiger partial charge < -0.3 is 11.1 Å². The van der Waals surface area contributed by atoms with Crippen molar-refractivity contribution in [3.05, 3.63) is 0 Å². The lowest BCUT2D eigenvalue weighted by Gasteiger charge is -2.40. The van der Waals surface area contributed by atoms with Crippen LogP contribution >= 0.6 is 0 Å². The number of nitrogens with zero attached hydrogens (tertiary/aromatic N) is 1. The summed E-state index contributed by atoms with van der Waals surface area (Å²) < 4.78 is 0. The van der Waals surface area contributed by atoms with E-state index in [-0.39, 0.29) is 11.9 Å². The number of rotatable bonds is 6. The Labute approximate surface area is 118 Å². The topological polar surface area (TPSA) is 58.4 Å². The van der Waals surface area contributed by atoms with Crippen molar-refractivity contribution in [2.75, 3.05) is 19.6 Å². The van der Waals surface area contributed by atoms with Gasteiger partial charge in [0.2, 0.25) is 5.91 Å². The highest BCUT2D eigenvalue weighted by atomic mass is 16.2. The third-order valence-electron chi connectivity index (χ3n) is 4.26. The first-order valence-electron chi connectivity index (χ1n) is 7.69. The second-order valence-corrected chi connectivity index (χ2v) is 6.37. The van der Waals surface area contributed by atoms with Crippen LogP contribution in [0.15, 0.2) is 0 Å². The standard InChI is InChI=1S/C15H31N3O/c1-11(2)7-8-17-15(19)13(4)18-10-14(9-16)6-5-12(18)3/h11-14H,5-10,16H2,1-4H3,(H,17,19). The Morgan fingerprint density at radius 3 is 2.63 bits per heavy atom. The van der Waals surface area contributed by atoms with Crippen LogP contribution in [-0.4, -0.2) is 42.5 Å². The molecule has 0 aromatic heterocycles. The molecule has 19 heavy (non-hydrogen) atoms. The first kappa shape index (κ1) is 16.4. The predicted octanol–water partition coefficient (Wildman–Crippen LogP) is 1.60. The average Bonchev–Trinajstić information content (AvgIpc) is 2.38. The minimum absolute atomic E-state index is 0.0449. The van der Waals surface area contributed by atoms with Crippen molar-refractivity contribution < 1.29 is 4.79 Å². The molecular formula is C15H31N3O. The molecule has 3 N–H and O–H groups in total. The van der Waals surface area contributed by atoms with Crippen LogP contribution in [0.2, 0.25) is 0 Å². The van der Waals surface area contributed by atoms with Crippen LogP contribution in [0.5, 0.6) is 0 Å². The molecule has 1 amide bonds. The van der Waals surface area contributed by atoms with Gasteiger partial charge in [-0.25, -0.2) is 0 Å². The zero-order valence-electron chi connectivity index (χ0n) is 13.0. The maximum absolute atomic E-state index is 12.2. The fourth-order valence-electron chi connectivity index (χ4n) is 2.73. The van der Waals surface area contributed by atoms with Gasteiger partial charge >= 0.3 is 0 Å². The number of amides is 1. The molecule has 0 aromatic rings. The minimum atomic E-state index is -0.0449.